The van der Waals surface area contributed by atoms with Crippen LogP contribution < -0.4 is 4.90 Å². The van der Waals surface area contributed by atoms with Crippen LogP contribution in [0.3, 0.4) is 0 Å². The van der Waals surface area contributed by atoms with E-state index < -0.39 is 5.60 Å². The van der Waals surface area contributed by atoms with Crippen LogP contribution in [-0.2, 0) is 31.8 Å². The summed E-state index contributed by atoms with van der Waals surface area (Å²) in [5, 5.41) is 5.36. The van der Waals surface area contributed by atoms with Crippen LogP contribution in [0.2, 0.25) is 0 Å². The van der Waals surface area contributed by atoms with Gasteiger partial charge in [0.1, 0.15) is 5.60 Å². The minimum absolute atomic E-state index is 0.104. The average molecular weight is 608 g/mol. The summed E-state index contributed by atoms with van der Waals surface area (Å²) < 4.78 is 20.7. The summed E-state index contributed by atoms with van der Waals surface area (Å²) in [6.45, 7) is 19.3. The van der Waals surface area contributed by atoms with Crippen molar-refractivity contribution in [3.63, 3.8) is 0 Å². The van der Waals surface area contributed by atoms with Crippen molar-refractivity contribution < 1.29 is 23.6 Å². The largest absolute Gasteiger partial charge is 0.494 e. The lowest BCUT2D eigenvalue weighted by atomic mass is 9.72. The molecular weight excluding hydrogens is 557 g/mol. The van der Waals surface area contributed by atoms with Crippen LogP contribution in [0, 0.1) is 0 Å². The molecule has 11 heteroatoms. The molecule has 3 saturated heterocycles. The maximum Gasteiger partial charge on any atom is 0.494 e. The van der Waals surface area contributed by atoms with Crippen molar-refractivity contribution in [3.05, 3.63) is 34.5 Å². The van der Waals surface area contributed by atoms with Crippen molar-refractivity contribution >= 4 is 24.9 Å². The third kappa shape index (κ3) is 5.82. The molecule has 6 rings (SSSR count). The van der Waals surface area contributed by atoms with Gasteiger partial charge < -0.3 is 28.7 Å². The Morgan fingerprint density at radius 1 is 1.00 bits per heavy atom. The van der Waals surface area contributed by atoms with E-state index in [0.717, 1.165) is 56.4 Å². The first-order valence-electron chi connectivity index (χ1n) is 16.5. The minimum Gasteiger partial charge on any atom is -0.444 e. The Bertz CT molecular complexity index is 1350. The van der Waals surface area contributed by atoms with E-state index in [4.69, 9.17) is 19.1 Å². The summed E-state index contributed by atoms with van der Waals surface area (Å²) in [7, 11) is -0.355. The molecular formula is C33H50BN5O5. The predicted molar refractivity (Wildman–Crippen MR) is 170 cm³/mol. The van der Waals surface area contributed by atoms with Gasteiger partial charge in [0.25, 0.3) is 0 Å². The third-order valence-electron chi connectivity index (χ3n) is 10.4. The van der Waals surface area contributed by atoms with E-state index in [0.29, 0.717) is 26.2 Å². The maximum atomic E-state index is 12.7. The standard InChI is InChI=1S/C33H50BN5O5/c1-22(40)37-19-15-28-26(21-37)29(35-39(28)25-13-17-36(18-14-25)30(41)42-31(2,3)4)38-16-9-10-23-20-24(11-12-27(23)38)34-43-32(5,6)33(7,8)44-34/h11,20,25,27H,9-10,12-19,21H2,1-8H3. The van der Waals surface area contributed by atoms with Gasteiger partial charge in [0.15, 0.2) is 5.82 Å². The number of carbonyl (C=O) groups excluding carboxylic acids is 2. The third-order valence-corrected chi connectivity index (χ3v) is 10.4. The van der Waals surface area contributed by atoms with Crippen LogP contribution in [0.1, 0.15) is 105 Å². The first-order valence-corrected chi connectivity index (χ1v) is 16.5. The van der Waals surface area contributed by atoms with Crippen LogP contribution in [-0.4, -0.2) is 87.7 Å². The fourth-order valence-corrected chi connectivity index (χ4v) is 7.19. The molecule has 0 bridgehead atoms. The number of rotatable bonds is 3. The second-order valence-electron chi connectivity index (χ2n) is 15.1. The fourth-order valence-electron chi connectivity index (χ4n) is 7.19. The molecule has 44 heavy (non-hydrogen) atoms. The van der Waals surface area contributed by atoms with E-state index in [1.54, 1.807) is 6.92 Å². The van der Waals surface area contributed by atoms with Crippen molar-refractivity contribution in [2.45, 2.75) is 129 Å². The van der Waals surface area contributed by atoms with Gasteiger partial charge >= 0.3 is 13.2 Å². The normalized spacial score (nSPS) is 25.3. The van der Waals surface area contributed by atoms with E-state index in [1.807, 2.05) is 30.6 Å². The Kier molecular flexibility index (Phi) is 7.96. The van der Waals surface area contributed by atoms with E-state index >= 15 is 0 Å². The van der Waals surface area contributed by atoms with Gasteiger partial charge in [-0.2, -0.15) is 5.10 Å². The first-order chi connectivity index (χ1) is 20.6. The van der Waals surface area contributed by atoms with Crippen molar-refractivity contribution in [3.8, 4) is 0 Å². The number of aromatic nitrogens is 2. The van der Waals surface area contributed by atoms with Crippen molar-refractivity contribution in [1.82, 2.24) is 19.6 Å². The SMILES string of the molecule is CC(=O)N1CCc2c(c(N3CCCC4=CC(B5OC(C)(C)C(C)(C)O5)=CCC43)nn2C2CCN(C(=O)OC(C)(C)C)CC2)C1. The van der Waals surface area contributed by atoms with Gasteiger partial charge in [-0.1, -0.05) is 12.2 Å². The molecule has 5 aliphatic rings. The summed E-state index contributed by atoms with van der Waals surface area (Å²) >= 11 is 0. The van der Waals surface area contributed by atoms with Crippen LogP contribution in [0.5, 0.6) is 0 Å². The Balaban J connectivity index is 1.24. The van der Waals surface area contributed by atoms with E-state index in [1.165, 1.54) is 16.8 Å². The molecule has 1 aromatic rings. The van der Waals surface area contributed by atoms with Crippen LogP contribution >= 0.6 is 0 Å². The monoisotopic (exact) mass is 607 g/mol. The molecule has 2 amide bonds. The molecule has 10 nitrogen and oxygen atoms in total. The lowest BCUT2D eigenvalue weighted by molar-refractivity contribution is -0.129. The van der Waals surface area contributed by atoms with Crippen LogP contribution in [0.25, 0.3) is 0 Å². The number of hydrogen-bond acceptors (Lipinski definition) is 7. The number of carbonyl (C=O) groups is 2. The Morgan fingerprint density at radius 2 is 1.68 bits per heavy atom. The number of fused-ring (bicyclic) bond motifs is 2. The molecule has 3 fully saturated rings. The summed E-state index contributed by atoms with van der Waals surface area (Å²) in [4.78, 5) is 31.5. The van der Waals surface area contributed by atoms with Gasteiger partial charge in [-0.15, -0.1) is 0 Å². The molecule has 1 unspecified atom stereocenters. The molecule has 0 radical (unpaired) electrons. The topological polar surface area (TPSA) is 89.4 Å². The lowest BCUT2D eigenvalue weighted by Crippen LogP contribution is -2.44. The summed E-state index contributed by atoms with van der Waals surface area (Å²) in [5.74, 6) is 1.12. The smallest absolute Gasteiger partial charge is 0.444 e. The van der Waals surface area contributed by atoms with Crippen molar-refractivity contribution in [1.29, 1.82) is 0 Å². The molecule has 0 saturated carbocycles. The highest BCUT2D eigenvalue weighted by Crippen LogP contribution is 2.43. The van der Waals surface area contributed by atoms with Gasteiger partial charge in [-0.05, 0) is 91.6 Å². The minimum atomic E-state index is -0.506. The molecule has 240 valence electrons. The van der Waals surface area contributed by atoms with Crippen molar-refractivity contribution in [2.75, 3.05) is 31.1 Å². The Hall–Kier alpha value is -2.79. The number of hydrogen-bond donors (Lipinski definition) is 0. The number of amides is 2. The summed E-state index contributed by atoms with van der Waals surface area (Å²) in [5.41, 5.74) is 3.69. The second kappa shape index (κ2) is 11.2. The fraction of sp³-hybridized carbons (Fsp3) is 0.727. The second-order valence-corrected chi connectivity index (χ2v) is 15.1. The van der Waals surface area contributed by atoms with Crippen LogP contribution in [0.4, 0.5) is 10.6 Å². The number of piperidine rings is 2. The molecule has 0 N–H and O–H groups in total. The van der Waals surface area contributed by atoms with Gasteiger partial charge in [0.05, 0.1) is 29.8 Å². The van der Waals surface area contributed by atoms with Gasteiger partial charge in [0.2, 0.25) is 5.91 Å². The molecule has 0 aromatic carbocycles. The Labute approximate surface area is 262 Å². The van der Waals surface area contributed by atoms with Crippen LogP contribution in [0.15, 0.2) is 23.2 Å². The molecule has 0 spiro atoms. The number of nitrogens with zero attached hydrogens (tertiary/aromatic N) is 5. The average Bonchev–Trinajstić information content (AvgIpc) is 3.44. The van der Waals surface area contributed by atoms with E-state index in [-0.39, 0.29) is 42.4 Å². The number of likely N-dealkylation sites (tertiary alicyclic amines) is 1. The number of ether oxygens (including phenoxy) is 1. The molecule has 4 aliphatic heterocycles. The summed E-state index contributed by atoms with van der Waals surface area (Å²) in [6, 6.07) is 0.435. The molecule has 5 heterocycles. The van der Waals surface area contributed by atoms with Crippen molar-refractivity contribution in [2.24, 2.45) is 0 Å². The van der Waals surface area contributed by atoms with Gasteiger partial charge in [-0.25, -0.2) is 4.79 Å². The van der Waals surface area contributed by atoms with Gasteiger partial charge in [-0.3, -0.25) is 9.48 Å². The lowest BCUT2D eigenvalue weighted by Gasteiger charge is -2.40. The maximum absolute atomic E-state index is 12.7. The number of anilines is 1. The first kappa shape index (κ1) is 31.2. The Morgan fingerprint density at radius 3 is 2.32 bits per heavy atom. The molecule has 1 aromatic heterocycles. The zero-order valence-corrected chi connectivity index (χ0v) is 27.9. The summed E-state index contributed by atoms with van der Waals surface area (Å²) in [6.07, 6.45) is 9.77. The highest BCUT2D eigenvalue weighted by molar-refractivity contribution is 6.55. The zero-order chi connectivity index (χ0) is 31.6. The number of allylic oxidation sites excluding steroid dienone is 2. The van der Waals surface area contributed by atoms with E-state index in [2.05, 4.69) is 49.4 Å². The van der Waals surface area contributed by atoms with Gasteiger partial charge in [0, 0.05) is 50.8 Å². The zero-order valence-electron chi connectivity index (χ0n) is 27.9. The quantitative estimate of drug-likeness (QED) is 0.436. The molecule has 1 aliphatic carbocycles. The highest BCUT2D eigenvalue weighted by Gasteiger charge is 2.52. The molecule has 1 atom stereocenters. The predicted octanol–water partition coefficient (Wildman–Crippen LogP) is 5.22. The van der Waals surface area contributed by atoms with E-state index in [9.17, 15) is 9.59 Å². The highest BCUT2D eigenvalue weighted by atomic mass is 16.7.